The third-order valence-corrected chi connectivity index (χ3v) is 8.65. The molecule has 3 aromatic rings. The zero-order valence-corrected chi connectivity index (χ0v) is 30.7. The Morgan fingerprint density at radius 1 is 0.583 bits per heavy atom. The van der Waals surface area contributed by atoms with Gasteiger partial charge in [-0.05, 0) is 76.0 Å². The van der Waals surface area contributed by atoms with E-state index in [1.54, 1.807) is 0 Å². The van der Waals surface area contributed by atoms with Crippen molar-refractivity contribution in [2.24, 2.45) is 10.8 Å². The van der Waals surface area contributed by atoms with Gasteiger partial charge in [-0.1, -0.05) is 108 Å². The van der Waals surface area contributed by atoms with Crippen LogP contribution >= 0.6 is 0 Å². The summed E-state index contributed by atoms with van der Waals surface area (Å²) >= 11 is 0. The number of ether oxygens (including phenoxy) is 1. The van der Waals surface area contributed by atoms with E-state index in [9.17, 15) is 9.90 Å². The first-order chi connectivity index (χ1) is 22.2. The number of hydrogen-bond acceptors (Lipinski definition) is 3. The number of carbonyl (C=O) groups is 1. The lowest BCUT2D eigenvalue weighted by molar-refractivity contribution is -0.300. The molecule has 0 radical (unpaired) electrons. The van der Waals surface area contributed by atoms with Crippen LogP contribution in [0.25, 0.3) is 11.1 Å². The van der Waals surface area contributed by atoms with Crippen molar-refractivity contribution in [3.05, 3.63) is 147 Å². The molecule has 0 atom stereocenters. The standard InChI is InChI=1S/C44H50O4/c1-41(2,3)31-23-29(24-32(47-31)42(4,5)6)35(27-19-15-13-16-20-27)37-39(45)38(40(37)46)36(28-21-17-14-18-22-28)30-25-33(43(7,8)9)48-34(26-30)44(10,11)12/h13-26H,1-12H3. The van der Waals surface area contributed by atoms with Crippen LogP contribution in [-0.4, -0.2) is 5.78 Å². The van der Waals surface area contributed by atoms with E-state index < -0.39 is 0 Å². The number of allylic oxidation sites excluding steroid dienone is 8. The van der Waals surface area contributed by atoms with E-state index in [0.29, 0.717) is 11.1 Å². The van der Waals surface area contributed by atoms with Gasteiger partial charge in [-0.2, -0.15) is 0 Å². The molecule has 5 rings (SSSR count). The van der Waals surface area contributed by atoms with E-state index in [1.165, 1.54) is 0 Å². The third-order valence-electron chi connectivity index (χ3n) is 8.65. The summed E-state index contributed by atoms with van der Waals surface area (Å²) in [5, 5.41) is 14.7. The molecule has 0 unspecified atom stereocenters. The summed E-state index contributed by atoms with van der Waals surface area (Å²) in [5.41, 5.74) is 3.67. The van der Waals surface area contributed by atoms with E-state index in [1.807, 2.05) is 84.9 Å². The van der Waals surface area contributed by atoms with Gasteiger partial charge in [0.25, 0.3) is 0 Å². The van der Waals surface area contributed by atoms with E-state index in [4.69, 9.17) is 9.15 Å². The highest BCUT2D eigenvalue weighted by Crippen LogP contribution is 2.47. The molecule has 1 aliphatic carbocycles. The van der Waals surface area contributed by atoms with E-state index in [0.717, 1.165) is 45.3 Å². The van der Waals surface area contributed by atoms with Crippen molar-refractivity contribution in [2.75, 3.05) is 0 Å². The summed E-state index contributed by atoms with van der Waals surface area (Å²) in [6, 6.07) is 23.5. The maximum atomic E-state index is 14.7. The van der Waals surface area contributed by atoms with Gasteiger partial charge in [-0.25, -0.2) is 4.42 Å². The average Bonchev–Trinajstić information content (AvgIpc) is 3.01. The first kappa shape index (κ1) is 34.9. The quantitative estimate of drug-likeness (QED) is 0.210. The molecule has 4 heteroatoms. The molecule has 0 N–H and O–H groups in total. The zero-order chi connectivity index (χ0) is 35.4. The van der Waals surface area contributed by atoms with Gasteiger partial charge in [0.05, 0.1) is 10.8 Å². The SMILES string of the molecule is CC(C)(C)C1=CC(=C(C2=C([O-])C(=C(c3ccccc3)c3cc(C(C)(C)C)[o+]c(C(C)(C)C)c3)C2=O)c2ccccc2)C=C(C(C)(C)C)O1. The van der Waals surface area contributed by atoms with Gasteiger partial charge in [0, 0.05) is 45.2 Å². The lowest BCUT2D eigenvalue weighted by atomic mass is 9.73. The molecule has 2 heterocycles. The molecule has 0 amide bonds. The molecule has 2 aliphatic rings. The van der Waals surface area contributed by atoms with Crippen molar-refractivity contribution < 1.29 is 19.1 Å². The monoisotopic (exact) mass is 642 g/mol. The largest absolute Gasteiger partial charge is 0.871 e. The average molecular weight is 643 g/mol. The summed E-state index contributed by atoms with van der Waals surface area (Å²) < 4.78 is 12.9. The molecule has 0 saturated heterocycles. The Balaban J connectivity index is 1.88. The zero-order valence-electron chi connectivity index (χ0n) is 30.7. The Morgan fingerprint density at radius 3 is 1.38 bits per heavy atom. The Kier molecular flexibility index (Phi) is 8.88. The summed E-state index contributed by atoms with van der Waals surface area (Å²) in [5.74, 6) is 2.63. The van der Waals surface area contributed by atoms with Crippen molar-refractivity contribution >= 4 is 16.9 Å². The van der Waals surface area contributed by atoms with Crippen LogP contribution in [-0.2, 0) is 20.4 Å². The lowest BCUT2D eigenvalue weighted by Crippen LogP contribution is -2.32. The Morgan fingerprint density at radius 2 is 1.00 bits per heavy atom. The van der Waals surface area contributed by atoms with Gasteiger partial charge < -0.3 is 9.84 Å². The second kappa shape index (κ2) is 12.2. The molecule has 1 aromatic heterocycles. The molecule has 2 aromatic carbocycles. The Labute approximate surface area is 287 Å². The second-order valence-electron chi connectivity index (χ2n) is 17.0. The van der Waals surface area contributed by atoms with Gasteiger partial charge in [0.1, 0.15) is 11.5 Å². The number of ketones is 1. The molecular formula is C44H50O4. The minimum absolute atomic E-state index is 0.197. The van der Waals surface area contributed by atoms with E-state index in [2.05, 4.69) is 83.1 Å². The smallest absolute Gasteiger partial charge is 0.335 e. The summed E-state index contributed by atoms with van der Waals surface area (Å²) in [4.78, 5) is 14.7. The van der Waals surface area contributed by atoms with Crippen LogP contribution in [0.1, 0.15) is 111 Å². The van der Waals surface area contributed by atoms with Crippen LogP contribution in [0.5, 0.6) is 0 Å². The maximum Gasteiger partial charge on any atom is 0.335 e. The number of Topliss-reactive ketones (excluding diaryl/α,β-unsaturated/α-hetero) is 1. The predicted octanol–water partition coefficient (Wildman–Crippen LogP) is 10.5. The van der Waals surface area contributed by atoms with Crippen LogP contribution < -0.4 is 5.11 Å². The van der Waals surface area contributed by atoms with Crippen LogP contribution in [0, 0.1) is 10.8 Å². The fourth-order valence-electron chi connectivity index (χ4n) is 5.74. The first-order valence-electron chi connectivity index (χ1n) is 16.9. The fourth-order valence-corrected chi connectivity index (χ4v) is 5.74. The number of rotatable bonds is 4. The molecule has 0 fully saturated rings. The van der Waals surface area contributed by atoms with Gasteiger partial charge in [-0.3, -0.25) is 4.79 Å². The molecule has 48 heavy (non-hydrogen) atoms. The number of benzene rings is 2. The second-order valence-corrected chi connectivity index (χ2v) is 17.0. The first-order valence-corrected chi connectivity index (χ1v) is 16.9. The van der Waals surface area contributed by atoms with Gasteiger partial charge in [0.2, 0.25) is 0 Å². The molecule has 250 valence electrons. The van der Waals surface area contributed by atoms with Gasteiger partial charge in [0.15, 0.2) is 5.78 Å². The number of hydrogen-bond donors (Lipinski definition) is 0. The van der Waals surface area contributed by atoms with Gasteiger partial charge >= 0.3 is 11.5 Å². The molecule has 0 bridgehead atoms. The highest BCUT2D eigenvalue weighted by atomic mass is 16.5. The molecular weight excluding hydrogens is 592 g/mol. The lowest BCUT2D eigenvalue weighted by Gasteiger charge is -2.37. The van der Waals surface area contributed by atoms with Crippen LogP contribution in [0.4, 0.5) is 0 Å². The van der Waals surface area contributed by atoms with E-state index in [-0.39, 0.29) is 44.3 Å². The Bertz CT molecular complexity index is 1840. The van der Waals surface area contributed by atoms with Crippen LogP contribution in [0.2, 0.25) is 0 Å². The highest BCUT2D eigenvalue weighted by Gasteiger charge is 2.39. The van der Waals surface area contributed by atoms with Crippen molar-refractivity contribution in [1.82, 2.24) is 0 Å². The fraction of sp³-hybridized carbons (Fsp3) is 0.364. The normalized spacial score (nSPS) is 17.0. The topological polar surface area (TPSA) is 60.7 Å². The highest BCUT2D eigenvalue weighted by molar-refractivity contribution is 6.31. The van der Waals surface area contributed by atoms with Crippen molar-refractivity contribution in [2.45, 2.75) is 93.9 Å². The van der Waals surface area contributed by atoms with Crippen molar-refractivity contribution in [3.63, 3.8) is 0 Å². The molecule has 4 nitrogen and oxygen atoms in total. The minimum Gasteiger partial charge on any atom is -0.871 e. The molecule has 1 aliphatic heterocycles. The summed E-state index contributed by atoms with van der Waals surface area (Å²) in [6.45, 7) is 25.3. The Hall–Kier alpha value is -4.44. The predicted molar refractivity (Wildman–Crippen MR) is 195 cm³/mol. The maximum absolute atomic E-state index is 14.7. The minimum atomic E-state index is -0.296. The molecule has 0 spiro atoms. The van der Waals surface area contributed by atoms with E-state index >= 15 is 0 Å². The molecule has 0 saturated carbocycles. The van der Waals surface area contributed by atoms with Gasteiger partial charge in [-0.15, -0.1) is 0 Å². The van der Waals surface area contributed by atoms with Crippen molar-refractivity contribution in [3.8, 4) is 0 Å². The summed E-state index contributed by atoms with van der Waals surface area (Å²) in [7, 11) is 0. The summed E-state index contributed by atoms with van der Waals surface area (Å²) in [6.07, 6.45) is 3.99. The van der Waals surface area contributed by atoms with Crippen LogP contribution in [0.3, 0.4) is 0 Å². The van der Waals surface area contributed by atoms with Crippen molar-refractivity contribution in [1.29, 1.82) is 0 Å². The van der Waals surface area contributed by atoms with Crippen LogP contribution in [0.15, 0.2) is 123 Å². The third kappa shape index (κ3) is 6.90. The number of carbonyl (C=O) groups excluding carboxylic acids is 1.